The largest absolute Gasteiger partial charge is 0.489 e. The molecule has 1 aliphatic rings. The quantitative estimate of drug-likeness (QED) is 0.862. The minimum absolute atomic E-state index is 0.644. The van der Waals surface area contributed by atoms with E-state index in [1.165, 1.54) is 43.5 Å². The molecule has 3 rings (SSSR count). The van der Waals surface area contributed by atoms with Gasteiger partial charge in [-0.1, -0.05) is 48.5 Å². The van der Waals surface area contributed by atoms with Crippen LogP contribution in [0.1, 0.15) is 30.4 Å². The van der Waals surface area contributed by atoms with Crippen LogP contribution in [0.5, 0.6) is 5.75 Å². The van der Waals surface area contributed by atoms with Crippen LogP contribution in [-0.2, 0) is 13.0 Å². The molecule has 2 heteroatoms. The van der Waals surface area contributed by atoms with Gasteiger partial charge in [-0.05, 0) is 61.9 Å². The Morgan fingerprint density at radius 3 is 2.45 bits per heavy atom. The summed E-state index contributed by atoms with van der Waals surface area (Å²) in [4.78, 5) is 0. The molecule has 0 radical (unpaired) electrons. The van der Waals surface area contributed by atoms with E-state index in [1.54, 1.807) is 0 Å². The smallest absolute Gasteiger partial charge is 0.122 e. The van der Waals surface area contributed by atoms with Gasteiger partial charge in [0.1, 0.15) is 12.4 Å². The van der Waals surface area contributed by atoms with Crippen LogP contribution in [0, 0.1) is 5.92 Å². The number of benzene rings is 2. The molecule has 1 N–H and O–H groups in total. The lowest BCUT2D eigenvalue weighted by Crippen LogP contribution is -2.27. The van der Waals surface area contributed by atoms with Crippen molar-refractivity contribution in [3.8, 4) is 5.75 Å². The van der Waals surface area contributed by atoms with Gasteiger partial charge in [-0.3, -0.25) is 0 Å². The van der Waals surface area contributed by atoms with E-state index in [9.17, 15) is 0 Å². The molecular formula is C20H25NO. The van der Waals surface area contributed by atoms with E-state index < -0.39 is 0 Å². The first-order chi connectivity index (χ1) is 10.9. The van der Waals surface area contributed by atoms with Crippen molar-refractivity contribution in [2.75, 3.05) is 13.1 Å². The Morgan fingerprint density at radius 1 is 0.909 bits per heavy atom. The number of hydrogen-bond acceptors (Lipinski definition) is 2. The highest BCUT2D eigenvalue weighted by atomic mass is 16.5. The van der Waals surface area contributed by atoms with E-state index in [0.717, 1.165) is 18.1 Å². The molecule has 0 amide bonds. The molecule has 0 atom stereocenters. The number of hydrogen-bond donors (Lipinski definition) is 1. The highest BCUT2D eigenvalue weighted by Gasteiger charge is 2.13. The first kappa shape index (κ1) is 15.1. The third-order valence-electron chi connectivity index (χ3n) is 4.49. The summed E-state index contributed by atoms with van der Waals surface area (Å²) in [7, 11) is 0. The van der Waals surface area contributed by atoms with Gasteiger partial charge in [0.05, 0.1) is 0 Å². The number of ether oxygens (including phenoxy) is 1. The lowest BCUT2D eigenvalue weighted by molar-refractivity contribution is 0.300. The Morgan fingerprint density at radius 2 is 1.64 bits per heavy atom. The molecule has 116 valence electrons. The Kier molecular flexibility index (Phi) is 5.49. The molecule has 1 saturated heterocycles. The maximum absolute atomic E-state index is 6.05. The van der Waals surface area contributed by atoms with E-state index >= 15 is 0 Å². The second-order valence-corrected chi connectivity index (χ2v) is 6.11. The van der Waals surface area contributed by atoms with Gasteiger partial charge in [0.25, 0.3) is 0 Å². The molecule has 2 nitrogen and oxygen atoms in total. The standard InChI is InChI=1S/C20H25NO/c1-2-6-18(7-3-1)16-22-20-9-5-4-8-19(20)11-10-17-12-14-21-15-13-17/h1-9,17,21H,10-16H2. The minimum atomic E-state index is 0.644. The van der Waals surface area contributed by atoms with Crippen molar-refractivity contribution in [3.05, 3.63) is 65.7 Å². The number of rotatable bonds is 6. The summed E-state index contributed by atoms with van der Waals surface area (Å²) in [5.74, 6) is 1.91. The average Bonchev–Trinajstić information content (AvgIpc) is 2.61. The van der Waals surface area contributed by atoms with E-state index in [0.29, 0.717) is 6.61 Å². The highest BCUT2D eigenvalue weighted by molar-refractivity contribution is 5.33. The zero-order valence-electron chi connectivity index (χ0n) is 13.1. The fraction of sp³-hybridized carbons (Fsp3) is 0.400. The Balaban J connectivity index is 1.57. The van der Waals surface area contributed by atoms with Crippen molar-refractivity contribution in [2.45, 2.75) is 32.3 Å². The molecule has 2 aromatic carbocycles. The number of para-hydroxylation sites is 1. The van der Waals surface area contributed by atoms with Gasteiger partial charge in [-0.2, -0.15) is 0 Å². The average molecular weight is 295 g/mol. The molecule has 0 bridgehead atoms. The van der Waals surface area contributed by atoms with Crippen LogP contribution in [0.15, 0.2) is 54.6 Å². The normalized spacial score (nSPS) is 15.6. The number of nitrogens with one attached hydrogen (secondary N) is 1. The van der Waals surface area contributed by atoms with Crippen LogP contribution < -0.4 is 10.1 Å². The lowest BCUT2D eigenvalue weighted by atomic mass is 9.91. The SMILES string of the molecule is c1ccc(COc2ccccc2CCC2CCNCC2)cc1. The third kappa shape index (κ3) is 4.35. The molecule has 2 aromatic rings. The van der Waals surface area contributed by atoms with E-state index in [4.69, 9.17) is 4.74 Å². The Bertz CT molecular complexity index is 561. The lowest BCUT2D eigenvalue weighted by Gasteiger charge is -2.22. The number of aryl methyl sites for hydroxylation is 1. The summed E-state index contributed by atoms with van der Waals surface area (Å²) >= 11 is 0. The molecule has 0 aromatic heterocycles. The van der Waals surface area contributed by atoms with Gasteiger partial charge in [-0.25, -0.2) is 0 Å². The van der Waals surface area contributed by atoms with Gasteiger partial charge >= 0.3 is 0 Å². The molecule has 1 aliphatic heterocycles. The van der Waals surface area contributed by atoms with Gasteiger partial charge in [0.15, 0.2) is 0 Å². The van der Waals surface area contributed by atoms with Gasteiger partial charge in [-0.15, -0.1) is 0 Å². The molecule has 0 saturated carbocycles. The fourth-order valence-corrected chi connectivity index (χ4v) is 3.12. The summed E-state index contributed by atoms with van der Waals surface area (Å²) in [5, 5.41) is 3.44. The van der Waals surface area contributed by atoms with Crippen LogP contribution in [0.4, 0.5) is 0 Å². The van der Waals surface area contributed by atoms with Crippen molar-refractivity contribution >= 4 is 0 Å². The number of piperidine rings is 1. The van der Waals surface area contributed by atoms with Crippen molar-refractivity contribution in [3.63, 3.8) is 0 Å². The minimum Gasteiger partial charge on any atom is -0.489 e. The van der Waals surface area contributed by atoms with Crippen molar-refractivity contribution in [1.29, 1.82) is 0 Å². The highest BCUT2D eigenvalue weighted by Crippen LogP contribution is 2.25. The van der Waals surface area contributed by atoms with Gasteiger partial charge < -0.3 is 10.1 Å². The van der Waals surface area contributed by atoms with Crippen molar-refractivity contribution in [2.24, 2.45) is 5.92 Å². The molecule has 0 unspecified atom stereocenters. The van der Waals surface area contributed by atoms with E-state index in [1.807, 2.05) is 6.07 Å². The molecular weight excluding hydrogens is 270 g/mol. The summed E-state index contributed by atoms with van der Waals surface area (Å²) < 4.78 is 6.05. The topological polar surface area (TPSA) is 21.3 Å². The maximum Gasteiger partial charge on any atom is 0.122 e. The van der Waals surface area contributed by atoms with E-state index in [-0.39, 0.29) is 0 Å². The zero-order chi connectivity index (χ0) is 15.0. The summed E-state index contributed by atoms with van der Waals surface area (Å²) in [5.41, 5.74) is 2.56. The first-order valence-corrected chi connectivity index (χ1v) is 8.37. The monoisotopic (exact) mass is 295 g/mol. The first-order valence-electron chi connectivity index (χ1n) is 8.37. The predicted molar refractivity (Wildman–Crippen MR) is 91.1 cm³/mol. The van der Waals surface area contributed by atoms with Crippen molar-refractivity contribution in [1.82, 2.24) is 5.32 Å². The molecule has 0 aliphatic carbocycles. The molecule has 1 fully saturated rings. The van der Waals surface area contributed by atoms with Crippen LogP contribution in [0.3, 0.4) is 0 Å². The van der Waals surface area contributed by atoms with Gasteiger partial charge in [0, 0.05) is 0 Å². The van der Waals surface area contributed by atoms with E-state index in [2.05, 4.69) is 53.8 Å². The molecule has 22 heavy (non-hydrogen) atoms. The van der Waals surface area contributed by atoms with Crippen LogP contribution in [0.25, 0.3) is 0 Å². The molecule has 1 heterocycles. The fourth-order valence-electron chi connectivity index (χ4n) is 3.12. The summed E-state index contributed by atoms with van der Waals surface area (Å²) in [6, 6.07) is 18.9. The Labute approximate surface area is 133 Å². The summed E-state index contributed by atoms with van der Waals surface area (Å²) in [6.07, 6.45) is 5.02. The Hall–Kier alpha value is -1.80. The van der Waals surface area contributed by atoms with Crippen LogP contribution >= 0.6 is 0 Å². The summed E-state index contributed by atoms with van der Waals surface area (Å²) in [6.45, 7) is 3.00. The maximum atomic E-state index is 6.05. The van der Waals surface area contributed by atoms with Gasteiger partial charge in [0.2, 0.25) is 0 Å². The molecule has 0 spiro atoms. The second kappa shape index (κ2) is 8.00. The third-order valence-corrected chi connectivity index (χ3v) is 4.49. The predicted octanol–water partition coefficient (Wildman–Crippen LogP) is 4.20. The van der Waals surface area contributed by atoms with Crippen LogP contribution in [0.2, 0.25) is 0 Å². The van der Waals surface area contributed by atoms with Crippen molar-refractivity contribution < 1.29 is 4.74 Å². The zero-order valence-corrected chi connectivity index (χ0v) is 13.1. The second-order valence-electron chi connectivity index (χ2n) is 6.11. The van der Waals surface area contributed by atoms with Crippen LogP contribution in [-0.4, -0.2) is 13.1 Å².